The van der Waals surface area contributed by atoms with Crippen molar-refractivity contribution in [3.63, 3.8) is 0 Å². The van der Waals surface area contributed by atoms with E-state index in [1.807, 2.05) is 0 Å². The summed E-state index contributed by atoms with van der Waals surface area (Å²) in [4.78, 5) is 16.6. The van der Waals surface area contributed by atoms with Gasteiger partial charge in [-0.1, -0.05) is 19.1 Å². The van der Waals surface area contributed by atoms with Crippen molar-refractivity contribution in [3.8, 4) is 5.75 Å². The number of amides is 1. The number of benzene rings is 1. The normalized spacial score (nSPS) is 11.8. The van der Waals surface area contributed by atoms with Gasteiger partial charge in [0.25, 0.3) is 5.91 Å². The van der Waals surface area contributed by atoms with Gasteiger partial charge in [-0.25, -0.2) is 4.98 Å². The average Bonchev–Trinajstić information content (AvgIpc) is 2.48. The highest BCUT2D eigenvalue weighted by atomic mass is 32.2. The monoisotopic (exact) mass is 290 g/mol. The third-order valence-electron chi connectivity index (χ3n) is 2.66. The van der Waals surface area contributed by atoms with E-state index in [2.05, 4.69) is 10.3 Å². The van der Waals surface area contributed by atoms with Crippen molar-refractivity contribution in [2.75, 3.05) is 11.1 Å². The third-order valence-corrected chi connectivity index (χ3v) is 4.03. The highest BCUT2D eigenvalue weighted by Crippen LogP contribution is 2.21. The molecule has 0 fully saturated rings. The van der Waals surface area contributed by atoms with Crippen LogP contribution in [0.2, 0.25) is 0 Å². The molecule has 1 atom stereocenters. The van der Waals surface area contributed by atoms with Gasteiger partial charge in [0.05, 0.1) is 21.3 Å². The summed E-state index contributed by atoms with van der Waals surface area (Å²) >= 11 is 0. The fourth-order valence-corrected chi connectivity index (χ4v) is 2.62. The summed E-state index contributed by atoms with van der Waals surface area (Å²) in [6.45, 7) is 1.79. The van der Waals surface area contributed by atoms with Gasteiger partial charge in [0.15, 0.2) is 11.6 Å². The van der Waals surface area contributed by atoms with E-state index in [4.69, 9.17) is 0 Å². The van der Waals surface area contributed by atoms with E-state index in [0.717, 1.165) is 0 Å². The zero-order chi connectivity index (χ0) is 14.5. The molecule has 104 valence electrons. The highest BCUT2D eigenvalue weighted by molar-refractivity contribution is 7.85. The van der Waals surface area contributed by atoms with Crippen LogP contribution in [0.1, 0.15) is 17.3 Å². The Balaban J connectivity index is 2.31. The number of nitrogens with zero attached hydrogens (tertiary/aromatic N) is 1. The molecule has 1 heterocycles. The molecule has 1 aromatic heterocycles. The van der Waals surface area contributed by atoms with E-state index >= 15 is 0 Å². The molecule has 6 heteroatoms. The van der Waals surface area contributed by atoms with Gasteiger partial charge in [-0.15, -0.1) is 0 Å². The van der Waals surface area contributed by atoms with Crippen LogP contribution in [0.25, 0.3) is 0 Å². The zero-order valence-electron chi connectivity index (χ0n) is 10.9. The molecule has 1 amide bonds. The molecule has 0 bridgehead atoms. The molecule has 1 unspecified atom stereocenters. The standard InChI is InChI=1S/C14H14N2O3S/c1-2-20(19)12-8-4-3-6-10(12)14(18)16-13-11(17)7-5-9-15-13/h3-9,17H,2H2,1H3,(H,15,16,18). The van der Waals surface area contributed by atoms with Crippen molar-refractivity contribution in [2.24, 2.45) is 0 Å². The van der Waals surface area contributed by atoms with E-state index in [9.17, 15) is 14.1 Å². The Morgan fingerprint density at radius 1 is 1.30 bits per heavy atom. The van der Waals surface area contributed by atoms with Crippen LogP contribution in [-0.2, 0) is 10.8 Å². The number of anilines is 1. The lowest BCUT2D eigenvalue weighted by Crippen LogP contribution is -2.16. The van der Waals surface area contributed by atoms with Gasteiger partial charge < -0.3 is 10.4 Å². The second kappa shape index (κ2) is 6.29. The van der Waals surface area contributed by atoms with Crippen molar-refractivity contribution in [1.29, 1.82) is 0 Å². The van der Waals surface area contributed by atoms with Crippen LogP contribution in [0.4, 0.5) is 5.82 Å². The number of nitrogens with one attached hydrogen (secondary N) is 1. The van der Waals surface area contributed by atoms with Gasteiger partial charge >= 0.3 is 0 Å². The summed E-state index contributed by atoms with van der Waals surface area (Å²) in [6.07, 6.45) is 1.46. The van der Waals surface area contributed by atoms with E-state index in [1.54, 1.807) is 37.3 Å². The molecule has 20 heavy (non-hydrogen) atoms. The van der Waals surface area contributed by atoms with Crippen molar-refractivity contribution in [3.05, 3.63) is 48.2 Å². The molecule has 2 N–H and O–H groups in total. The second-order valence-electron chi connectivity index (χ2n) is 3.96. The molecular weight excluding hydrogens is 276 g/mol. The van der Waals surface area contributed by atoms with E-state index < -0.39 is 16.7 Å². The maximum absolute atomic E-state index is 12.2. The highest BCUT2D eigenvalue weighted by Gasteiger charge is 2.16. The number of hydrogen-bond acceptors (Lipinski definition) is 4. The van der Waals surface area contributed by atoms with Gasteiger partial charge in [-0.3, -0.25) is 9.00 Å². The molecule has 5 nitrogen and oxygen atoms in total. The summed E-state index contributed by atoms with van der Waals surface area (Å²) in [5.74, 6) is -0.0556. The van der Waals surface area contributed by atoms with Crippen LogP contribution in [0.3, 0.4) is 0 Å². The van der Waals surface area contributed by atoms with Crippen LogP contribution < -0.4 is 5.32 Å². The maximum Gasteiger partial charge on any atom is 0.258 e. The van der Waals surface area contributed by atoms with Crippen LogP contribution in [-0.4, -0.2) is 26.0 Å². The first-order valence-corrected chi connectivity index (χ1v) is 7.38. The Morgan fingerprint density at radius 2 is 2.05 bits per heavy atom. The minimum absolute atomic E-state index is 0.0783. The number of aromatic nitrogens is 1. The van der Waals surface area contributed by atoms with Crippen LogP contribution in [0.15, 0.2) is 47.5 Å². The topological polar surface area (TPSA) is 79.3 Å². The van der Waals surface area contributed by atoms with Crippen molar-refractivity contribution in [1.82, 2.24) is 4.98 Å². The number of carbonyl (C=O) groups is 1. The zero-order valence-corrected chi connectivity index (χ0v) is 11.7. The molecule has 0 aliphatic heterocycles. The van der Waals surface area contributed by atoms with Crippen LogP contribution in [0, 0.1) is 0 Å². The largest absolute Gasteiger partial charge is 0.504 e. The first-order chi connectivity index (χ1) is 9.63. The summed E-state index contributed by atoms with van der Waals surface area (Å²) < 4.78 is 11.9. The van der Waals surface area contributed by atoms with Crippen molar-refractivity contribution >= 4 is 22.5 Å². The number of rotatable bonds is 4. The molecule has 0 saturated carbocycles. The number of carbonyl (C=O) groups excluding carboxylic acids is 1. The number of hydrogen-bond donors (Lipinski definition) is 2. The quantitative estimate of drug-likeness (QED) is 0.904. The summed E-state index contributed by atoms with van der Waals surface area (Å²) in [5, 5.41) is 12.1. The third kappa shape index (κ3) is 3.03. The van der Waals surface area contributed by atoms with Crippen LogP contribution in [0.5, 0.6) is 5.75 Å². The second-order valence-corrected chi connectivity index (χ2v) is 5.66. The SMILES string of the molecule is CCS(=O)c1ccccc1C(=O)Nc1ncccc1O. The Bertz CT molecular complexity index is 658. The fourth-order valence-electron chi connectivity index (χ4n) is 1.68. The lowest BCUT2D eigenvalue weighted by molar-refractivity contribution is 0.102. The number of aromatic hydroxyl groups is 1. The van der Waals surface area contributed by atoms with Gasteiger partial charge in [-0.05, 0) is 24.3 Å². The predicted molar refractivity (Wildman–Crippen MR) is 77.2 cm³/mol. The molecule has 0 spiro atoms. The Labute approximate surface area is 119 Å². The van der Waals surface area contributed by atoms with Gasteiger partial charge in [-0.2, -0.15) is 0 Å². The van der Waals surface area contributed by atoms with E-state index in [-0.39, 0.29) is 11.6 Å². The predicted octanol–water partition coefficient (Wildman–Crippen LogP) is 2.17. The lowest BCUT2D eigenvalue weighted by atomic mass is 10.2. The number of pyridine rings is 1. The molecule has 0 aliphatic carbocycles. The first-order valence-electron chi connectivity index (χ1n) is 6.06. The van der Waals surface area contributed by atoms with Crippen molar-refractivity contribution in [2.45, 2.75) is 11.8 Å². The molecule has 1 aromatic carbocycles. The fraction of sp³-hybridized carbons (Fsp3) is 0.143. The van der Waals surface area contributed by atoms with Crippen molar-refractivity contribution < 1.29 is 14.1 Å². The first kappa shape index (κ1) is 14.2. The summed E-state index contributed by atoms with van der Waals surface area (Å²) in [5.41, 5.74) is 0.317. The molecule has 0 saturated heterocycles. The van der Waals surface area contributed by atoms with Gasteiger partial charge in [0, 0.05) is 11.9 Å². The lowest BCUT2D eigenvalue weighted by Gasteiger charge is -2.09. The summed E-state index contributed by atoms with van der Waals surface area (Å²) in [7, 11) is -1.23. The van der Waals surface area contributed by atoms with Gasteiger partial charge in [0.1, 0.15) is 0 Å². The maximum atomic E-state index is 12.2. The summed E-state index contributed by atoms with van der Waals surface area (Å²) in [6, 6.07) is 9.68. The Kier molecular flexibility index (Phi) is 4.47. The average molecular weight is 290 g/mol. The minimum atomic E-state index is -1.23. The molecule has 2 rings (SSSR count). The van der Waals surface area contributed by atoms with Crippen LogP contribution >= 0.6 is 0 Å². The Morgan fingerprint density at radius 3 is 2.75 bits per heavy atom. The van der Waals surface area contributed by atoms with Gasteiger partial charge in [0.2, 0.25) is 0 Å². The molecular formula is C14H14N2O3S. The Hall–Kier alpha value is -2.21. The van der Waals surface area contributed by atoms with E-state index in [1.165, 1.54) is 12.3 Å². The molecule has 0 radical (unpaired) electrons. The smallest absolute Gasteiger partial charge is 0.258 e. The van der Waals surface area contributed by atoms with E-state index in [0.29, 0.717) is 16.2 Å². The molecule has 0 aliphatic rings. The molecule has 2 aromatic rings. The minimum Gasteiger partial charge on any atom is -0.504 e.